The second-order valence-corrected chi connectivity index (χ2v) is 8.63. The molecule has 3 N–H and O–H groups in total. The quantitative estimate of drug-likeness (QED) is 0.500. The van der Waals surface area contributed by atoms with Gasteiger partial charge < -0.3 is 9.88 Å². The summed E-state index contributed by atoms with van der Waals surface area (Å²) in [6.07, 6.45) is 0.943. The fraction of sp³-hybridized carbons (Fsp3) is 0.346. The number of hydrogen-bond donors (Lipinski definition) is 3. The summed E-state index contributed by atoms with van der Waals surface area (Å²) in [5.41, 5.74) is 9.43. The van der Waals surface area contributed by atoms with Crippen LogP contribution in [0.1, 0.15) is 66.8 Å². The Labute approximate surface area is 193 Å². The van der Waals surface area contributed by atoms with Crippen molar-refractivity contribution in [2.45, 2.75) is 52.6 Å². The van der Waals surface area contributed by atoms with E-state index in [0.29, 0.717) is 12.0 Å². The van der Waals surface area contributed by atoms with Gasteiger partial charge in [0.2, 0.25) is 5.91 Å². The lowest BCUT2D eigenvalue weighted by molar-refractivity contribution is -0.133. The first kappa shape index (κ1) is 22.6. The molecule has 33 heavy (non-hydrogen) atoms. The average molecular weight is 447 g/mol. The topological polar surface area (TPSA) is 94.3 Å². The van der Waals surface area contributed by atoms with Crippen LogP contribution in [-0.2, 0) is 9.59 Å². The van der Waals surface area contributed by atoms with Crippen molar-refractivity contribution in [2.24, 2.45) is 5.92 Å². The van der Waals surface area contributed by atoms with E-state index < -0.39 is 18.0 Å². The summed E-state index contributed by atoms with van der Waals surface area (Å²) in [4.78, 5) is 44.1. The maximum absolute atomic E-state index is 13.8. The number of nitrogens with zero attached hydrogens (tertiary/aromatic N) is 1. The van der Waals surface area contributed by atoms with E-state index in [9.17, 15) is 14.4 Å². The van der Waals surface area contributed by atoms with E-state index in [1.165, 1.54) is 0 Å². The third-order valence-corrected chi connectivity index (χ3v) is 6.61. The molecule has 0 spiro atoms. The number of hydrazine groups is 1. The lowest BCUT2D eigenvalue weighted by Gasteiger charge is -2.36. The number of fused-ring (bicyclic) bond motifs is 2. The van der Waals surface area contributed by atoms with Crippen LogP contribution in [0.15, 0.2) is 48.5 Å². The smallest absolute Gasteiger partial charge is 0.261 e. The fourth-order valence-corrected chi connectivity index (χ4v) is 4.74. The van der Waals surface area contributed by atoms with Gasteiger partial charge in [-0.3, -0.25) is 25.2 Å². The lowest BCUT2D eigenvalue weighted by Crippen LogP contribution is -2.55. The Morgan fingerprint density at radius 1 is 1.06 bits per heavy atom. The highest BCUT2D eigenvalue weighted by atomic mass is 16.2. The van der Waals surface area contributed by atoms with Crippen molar-refractivity contribution in [3.8, 4) is 0 Å². The Balaban J connectivity index is 1.87. The summed E-state index contributed by atoms with van der Waals surface area (Å²) in [6, 6.07) is 14.4. The Morgan fingerprint density at radius 3 is 2.48 bits per heavy atom. The van der Waals surface area contributed by atoms with Crippen molar-refractivity contribution in [3.63, 3.8) is 0 Å². The van der Waals surface area contributed by atoms with Gasteiger partial charge in [0.1, 0.15) is 6.04 Å². The average Bonchev–Trinajstić information content (AvgIpc) is 3.30. The SMILES string of the molecule is CCC(=O)NNC(=O)C(C(C)CC)N1C(=O)c2ccccc2C1c1c(C)[nH]c2ccccc12. The largest absolute Gasteiger partial charge is 0.358 e. The highest BCUT2D eigenvalue weighted by Gasteiger charge is 2.46. The predicted octanol–water partition coefficient (Wildman–Crippen LogP) is 3.99. The number of benzene rings is 2. The maximum atomic E-state index is 13.8. The third kappa shape index (κ3) is 3.88. The molecular weight excluding hydrogens is 416 g/mol. The predicted molar refractivity (Wildman–Crippen MR) is 127 cm³/mol. The number of hydrogen-bond acceptors (Lipinski definition) is 3. The van der Waals surface area contributed by atoms with Gasteiger partial charge in [-0.15, -0.1) is 0 Å². The summed E-state index contributed by atoms with van der Waals surface area (Å²) >= 11 is 0. The summed E-state index contributed by atoms with van der Waals surface area (Å²) in [5.74, 6) is -0.988. The van der Waals surface area contributed by atoms with Gasteiger partial charge in [0.05, 0.1) is 6.04 Å². The third-order valence-electron chi connectivity index (χ3n) is 6.61. The Morgan fingerprint density at radius 2 is 1.76 bits per heavy atom. The maximum Gasteiger partial charge on any atom is 0.261 e. The van der Waals surface area contributed by atoms with Crippen molar-refractivity contribution in [1.29, 1.82) is 0 Å². The number of amides is 3. The molecular formula is C26H30N4O3. The summed E-state index contributed by atoms with van der Waals surface area (Å²) < 4.78 is 0. The lowest BCUT2D eigenvalue weighted by atomic mass is 9.91. The van der Waals surface area contributed by atoms with E-state index in [2.05, 4.69) is 15.8 Å². The number of carbonyl (C=O) groups is 3. The molecule has 0 saturated heterocycles. The number of aromatic amines is 1. The van der Waals surface area contributed by atoms with Crippen LogP contribution < -0.4 is 10.9 Å². The number of rotatable bonds is 6. The number of H-pyrrole nitrogens is 1. The summed E-state index contributed by atoms with van der Waals surface area (Å²) in [7, 11) is 0. The van der Waals surface area contributed by atoms with E-state index >= 15 is 0 Å². The molecule has 4 rings (SSSR count). The first-order chi connectivity index (χ1) is 15.9. The molecule has 0 aliphatic carbocycles. The van der Waals surface area contributed by atoms with Crippen molar-refractivity contribution in [3.05, 3.63) is 70.9 Å². The van der Waals surface area contributed by atoms with Gasteiger partial charge in [-0.2, -0.15) is 0 Å². The minimum Gasteiger partial charge on any atom is -0.358 e. The molecule has 3 atom stereocenters. The van der Waals surface area contributed by atoms with Gasteiger partial charge in [0.25, 0.3) is 11.8 Å². The highest BCUT2D eigenvalue weighted by molar-refractivity contribution is 6.03. The molecule has 0 radical (unpaired) electrons. The monoisotopic (exact) mass is 446 g/mol. The van der Waals surface area contributed by atoms with Crippen LogP contribution in [0.4, 0.5) is 0 Å². The van der Waals surface area contributed by atoms with E-state index in [1.54, 1.807) is 11.8 Å². The standard InChI is InChI=1S/C26H30N4O3/c1-5-15(3)23(25(32)29-28-21(31)6-2)30-24(17-11-7-8-12-18(17)26(30)33)22-16(4)27-20-14-10-9-13-19(20)22/h7-15,23-24,27H,5-6H2,1-4H3,(H,28,31)(H,29,32). The number of para-hydroxylation sites is 1. The molecule has 1 aromatic heterocycles. The zero-order valence-electron chi connectivity index (χ0n) is 19.4. The molecule has 7 heteroatoms. The van der Waals surface area contributed by atoms with Gasteiger partial charge in [0, 0.05) is 34.1 Å². The van der Waals surface area contributed by atoms with Crippen LogP contribution in [0.5, 0.6) is 0 Å². The molecule has 0 saturated carbocycles. The molecule has 3 amide bonds. The van der Waals surface area contributed by atoms with Gasteiger partial charge in [0.15, 0.2) is 0 Å². The van der Waals surface area contributed by atoms with Crippen LogP contribution in [0.3, 0.4) is 0 Å². The van der Waals surface area contributed by atoms with Gasteiger partial charge in [-0.1, -0.05) is 63.6 Å². The number of aryl methyl sites for hydroxylation is 1. The van der Waals surface area contributed by atoms with Crippen molar-refractivity contribution < 1.29 is 14.4 Å². The van der Waals surface area contributed by atoms with Crippen LogP contribution in [0, 0.1) is 12.8 Å². The van der Waals surface area contributed by atoms with Gasteiger partial charge in [-0.05, 0) is 30.5 Å². The Hall–Kier alpha value is -3.61. The molecule has 1 aliphatic heterocycles. The molecule has 2 aromatic carbocycles. The Bertz CT molecular complexity index is 1220. The highest BCUT2D eigenvalue weighted by Crippen LogP contribution is 2.44. The molecule has 3 aromatic rings. The van der Waals surface area contributed by atoms with Crippen molar-refractivity contribution >= 4 is 28.6 Å². The molecule has 0 fully saturated rings. The second-order valence-electron chi connectivity index (χ2n) is 8.63. The minimum absolute atomic E-state index is 0.130. The van der Waals surface area contributed by atoms with E-state index in [1.807, 2.05) is 69.3 Å². The number of carbonyl (C=O) groups excluding carboxylic acids is 3. The Kier molecular flexibility index (Phi) is 6.22. The number of aromatic nitrogens is 1. The normalized spacial score (nSPS) is 17.0. The van der Waals surface area contributed by atoms with Gasteiger partial charge >= 0.3 is 0 Å². The first-order valence-electron chi connectivity index (χ1n) is 11.5. The molecule has 7 nitrogen and oxygen atoms in total. The van der Waals surface area contributed by atoms with Crippen LogP contribution in [-0.4, -0.2) is 33.6 Å². The van der Waals surface area contributed by atoms with Crippen molar-refractivity contribution in [1.82, 2.24) is 20.7 Å². The molecule has 0 bridgehead atoms. The molecule has 3 unspecified atom stereocenters. The van der Waals surface area contributed by atoms with E-state index in [4.69, 9.17) is 0 Å². The van der Waals surface area contributed by atoms with Crippen LogP contribution >= 0.6 is 0 Å². The molecule has 172 valence electrons. The molecule has 2 heterocycles. The molecule has 1 aliphatic rings. The second kappa shape index (κ2) is 9.10. The summed E-state index contributed by atoms with van der Waals surface area (Å²) in [5, 5.41) is 1.03. The van der Waals surface area contributed by atoms with E-state index in [0.717, 1.165) is 27.7 Å². The first-order valence-corrected chi connectivity index (χ1v) is 11.5. The van der Waals surface area contributed by atoms with Crippen LogP contribution in [0.2, 0.25) is 0 Å². The van der Waals surface area contributed by atoms with Crippen LogP contribution in [0.25, 0.3) is 10.9 Å². The van der Waals surface area contributed by atoms with Gasteiger partial charge in [-0.25, -0.2) is 0 Å². The zero-order chi connectivity index (χ0) is 23.7. The number of nitrogens with one attached hydrogen (secondary N) is 3. The minimum atomic E-state index is -0.759. The van der Waals surface area contributed by atoms with Crippen molar-refractivity contribution in [2.75, 3.05) is 0 Å². The van der Waals surface area contributed by atoms with E-state index in [-0.39, 0.29) is 24.2 Å². The zero-order valence-corrected chi connectivity index (χ0v) is 19.4. The fourth-order valence-electron chi connectivity index (χ4n) is 4.74. The summed E-state index contributed by atoms with van der Waals surface area (Å²) in [6.45, 7) is 7.67.